The molecule has 4 rings (SSSR count). The summed E-state index contributed by atoms with van der Waals surface area (Å²) >= 11 is 0. The van der Waals surface area contributed by atoms with Crippen LogP contribution in [0, 0.1) is 12.8 Å². The lowest BCUT2D eigenvalue weighted by Crippen LogP contribution is -2.21. The van der Waals surface area contributed by atoms with Gasteiger partial charge in [-0.2, -0.15) is 0 Å². The van der Waals surface area contributed by atoms with Crippen LogP contribution in [0.4, 0.5) is 14.6 Å². The number of carbonyl (C=O) groups is 1. The van der Waals surface area contributed by atoms with Crippen LogP contribution in [0.25, 0.3) is 22.0 Å². The molecule has 1 amide bonds. The summed E-state index contributed by atoms with van der Waals surface area (Å²) in [5.41, 5.74) is 1.92. The highest BCUT2D eigenvalue weighted by Gasteiger charge is 2.61. The average molecular weight is 429 g/mol. The number of aromatic nitrogens is 3. The van der Waals surface area contributed by atoms with Gasteiger partial charge >= 0.3 is 0 Å². The third-order valence-electron chi connectivity index (χ3n) is 5.53. The van der Waals surface area contributed by atoms with E-state index in [2.05, 4.69) is 15.3 Å². The minimum absolute atomic E-state index is 0.0875. The second kappa shape index (κ2) is 7.49. The monoisotopic (exact) mass is 429 g/mol. The molecule has 0 aromatic carbocycles. The molecule has 3 aromatic heterocycles. The lowest BCUT2D eigenvalue weighted by molar-refractivity contribution is -0.119. The molecule has 0 bridgehead atoms. The average Bonchev–Trinajstić information content (AvgIpc) is 3.39. The zero-order valence-electron chi connectivity index (χ0n) is 18.2. The molecule has 1 aliphatic rings. The van der Waals surface area contributed by atoms with Gasteiger partial charge in [0.15, 0.2) is 0 Å². The maximum absolute atomic E-state index is 13.1. The summed E-state index contributed by atoms with van der Waals surface area (Å²) in [5, 5.41) is 13.1. The third kappa shape index (κ3) is 3.81. The first-order valence-corrected chi connectivity index (χ1v) is 9.83. The van der Waals surface area contributed by atoms with E-state index >= 15 is 0 Å². The van der Waals surface area contributed by atoms with Gasteiger partial charge in [-0.3, -0.25) is 14.6 Å². The fourth-order valence-electron chi connectivity index (χ4n) is 3.51. The number of hydrogen-bond acceptors (Lipinski definition) is 5. The van der Waals surface area contributed by atoms with Crippen molar-refractivity contribution in [2.75, 3.05) is 5.32 Å². The fourth-order valence-corrected chi connectivity index (χ4v) is 3.51. The van der Waals surface area contributed by atoms with Gasteiger partial charge in [0.25, 0.3) is 11.5 Å². The number of hydrogen-bond donors (Lipinski definition) is 2. The number of nitrogens with zero attached hydrogens (tertiary/aromatic N) is 3. The van der Waals surface area contributed by atoms with E-state index in [0.717, 1.165) is 0 Å². The number of pyridine rings is 3. The Morgan fingerprint density at radius 2 is 2.06 bits per heavy atom. The van der Waals surface area contributed by atoms with Crippen LogP contribution in [0.15, 0.2) is 35.4 Å². The van der Waals surface area contributed by atoms with Crippen molar-refractivity contribution in [3.63, 3.8) is 0 Å². The Bertz CT molecular complexity index is 1310. The molecule has 7 nitrogen and oxygen atoms in total. The predicted octanol–water partition coefficient (Wildman–Crippen LogP) is 3.34. The number of nitrogens with one attached hydrogen (secondary N) is 1. The molecule has 2 atom stereocenters. The number of aliphatic hydroxyl groups is 1. The molecule has 3 heterocycles. The quantitative estimate of drug-likeness (QED) is 0.648. The first-order chi connectivity index (χ1) is 14.9. The van der Waals surface area contributed by atoms with Crippen molar-refractivity contribution in [3.8, 4) is 11.1 Å². The van der Waals surface area contributed by atoms with Crippen LogP contribution in [0.2, 0.25) is 0 Å². The van der Waals surface area contributed by atoms with Gasteiger partial charge in [0, 0.05) is 48.4 Å². The Kier molecular flexibility index (Phi) is 4.77. The highest BCUT2D eigenvalue weighted by molar-refractivity contribution is 5.96. The lowest BCUT2D eigenvalue weighted by Gasteiger charge is -2.14. The van der Waals surface area contributed by atoms with Crippen molar-refractivity contribution in [1.82, 2.24) is 14.5 Å². The molecule has 1 fully saturated rings. The Hall–Kier alpha value is -3.20. The Balaban J connectivity index is 1.71. The van der Waals surface area contributed by atoms with E-state index in [1.165, 1.54) is 23.0 Å². The largest absolute Gasteiger partial charge is 0.387 e. The maximum Gasteiger partial charge on any atom is 0.260 e. The second-order valence-corrected chi connectivity index (χ2v) is 7.74. The van der Waals surface area contributed by atoms with Gasteiger partial charge in [0.05, 0.1) is 18.7 Å². The summed E-state index contributed by atoms with van der Waals surface area (Å²) in [6.07, 6.45) is 0.790. The number of halogens is 2. The Labute approximate surface area is 178 Å². The lowest BCUT2D eigenvalue weighted by atomic mass is 10.0. The summed E-state index contributed by atoms with van der Waals surface area (Å²) < 4.78 is 35.5. The minimum atomic E-state index is -2.98. The van der Waals surface area contributed by atoms with Crippen LogP contribution in [0.3, 0.4) is 0 Å². The molecule has 2 N–H and O–H groups in total. The van der Waals surface area contributed by atoms with Crippen LogP contribution in [0.1, 0.15) is 38.5 Å². The van der Waals surface area contributed by atoms with Crippen LogP contribution in [-0.4, -0.2) is 31.5 Å². The first kappa shape index (κ1) is 19.7. The van der Waals surface area contributed by atoms with Gasteiger partial charge in [0.1, 0.15) is 11.7 Å². The normalized spacial score (nSPS) is 19.5. The smallest absolute Gasteiger partial charge is 0.260 e. The van der Waals surface area contributed by atoms with Gasteiger partial charge in [-0.15, -0.1) is 0 Å². The van der Waals surface area contributed by atoms with Crippen molar-refractivity contribution in [1.29, 1.82) is 0 Å². The van der Waals surface area contributed by atoms with Gasteiger partial charge < -0.3 is 15.0 Å². The zero-order chi connectivity index (χ0) is 23.4. The Morgan fingerprint density at radius 1 is 1.35 bits per heavy atom. The maximum atomic E-state index is 13.1. The molecular weight excluding hydrogens is 406 g/mol. The summed E-state index contributed by atoms with van der Waals surface area (Å²) in [5.74, 6) is -5.04. The molecule has 0 radical (unpaired) electrons. The number of amides is 1. The van der Waals surface area contributed by atoms with Crippen LogP contribution in [0.5, 0.6) is 0 Å². The number of rotatable bonds is 5. The molecule has 162 valence electrons. The standard InChI is InChI=1S/C22H22F2N4O3/c1-4-18(29)16-5-11(2)14(10-25-16)13-6-12-9-26-19(7-17(12)28(3)21(13)31)27-20(30)15-8-22(15,23)24/h5-7,9-10,15,18,29H,4,8H2,1-3H3,(H,26,27,30)/i18D. The van der Waals surface area contributed by atoms with Crippen molar-refractivity contribution < 1.29 is 20.1 Å². The van der Waals surface area contributed by atoms with E-state index in [1.807, 2.05) is 0 Å². The van der Waals surface area contributed by atoms with Gasteiger partial charge in [-0.25, -0.2) is 13.8 Å². The van der Waals surface area contributed by atoms with E-state index in [0.29, 0.717) is 27.6 Å². The van der Waals surface area contributed by atoms with Gasteiger partial charge in [0.2, 0.25) is 5.91 Å². The number of alkyl halides is 2. The highest BCUT2D eigenvalue weighted by Crippen LogP contribution is 2.49. The fraction of sp³-hybridized carbons (Fsp3) is 0.364. The van der Waals surface area contributed by atoms with Crippen molar-refractivity contribution in [3.05, 3.63) is 52.2 Å². The summed E-state index contributed by atoms with van der Waals surface area (Å²) in [4.78, 5) is 33.3. The number of anilines is 1. The molecule has 0 spiro atoms. The number of carbonyl (C=O) groups excluding carboxylic acids is 1. The number of aryl methyl sites for hydroxylation is 2. The minimum Gasteiger partial charge on any atom is -0.387 e. The van der Waals surface area contributed by atoms with E-state index in [4.69, 9.17) is 1.37 Å². The first-order valence-electron chi connectivity index (χ1n) is 10.3. The molecule has 31 heavy (non-hydrogen) atoms. The molecule has 0 aliphatic heterocycles. The molecule has 3 aromatic rings. The van der Waals surface area contributed by atoms with E-state index in [-0.39, 0.29) is 23.5 Å². The molecule has 2 unspecified atom stereocenters. The molecule has 1 aliphatic carbocycles. The summed E-state index contributed by atoms with van der Waals surface area (Å²) in [6.45, 7) is 3.44. The van der Waals surface area contributed by atoms with E-state index < -0.39 is 30.2 Å². The topological polar surface area (TPSA) is 97.1 Å². The van der Waals surface area contributed by atoms with Crippen molar-refractivity contribution in [2.24, 2.45) is 13.0 Å². The summed E-state index contributed by atoms with van der Waals surface area (Å²) in [6, 6.07) is 4.69. The molecule has 1 saturated carbocycles. The SMILES string of the molecule is [2H]C(O)(CC)c1cc(C)c(-c2cc3cnc(NC(=O)C4CC4(F)F)cc3n(C)c2=O)cn1. The number of fused-ring (bicyclic) bond motifs is 1. The second-order valence-electron chi connectivity index (χ2n) is 7.74. The van der Waals surface area contributed by atoms with Crippen LogP contribution in [-0.2, 0) is 11.8 Å². The highest BCUT2D eigenvalue weighted by atomic mass is 19.3. The van der Waals surface area contributed by atoms with Gasteiger partial charge in [-0.1, -0.05) is 6.92 Å². The molecule has 0 saturated heterocycles. The van der Waals surface area contributed by atoms with Crippen molar-refractivity contribution in [2.45, 2.75) is 38.7 Å². The van der Waals surface area contributed by atoms with Gasteiger partial charge in [-0.05, 0) is 31.0 Å². The van der Waals surface area contributed by atoms with Crippen molar-refractivity contribution >= 4 is 22.6 Å². The van der Waals surface area contributed by atoms with Crippen LogP contribution < -0.4 is 10.9 Å². The Morgan fingerprint density at radius 3 is 2.68 bits per heavy atom. The predicted molar refractivity (Wildman–Crippen MR) is 112 cm³/mol. The zero-order valence-corrected chi connectivity index (χ0v) is 17.2. The van der Waals surface area contributed by atoms with E-state index in [1.54, 1.807) is 33.0 Å². The van der Waals surface area contributed by atoms with Crippen LogP contribution >= 0.6 is 0 Å². The molecule has 9 heteroatoms. The third-order valence-corrected chi connectivity index (χ3v) is 5.53. The molecular formula is C22H22F2N4O3. The van der Waals surface area contributed by atoms with E-state index in [9.17, 15) is 23.5 Å². The summed E-state index contributed by atoms with van der Waals surface area (Å²) in [7, 11) is 1.56.